The highest BCUT2D eigenvalue weighted by atomic mass is 32.2. The second kappa shape index (κ2) is 4.52. The Kier molecular flexibility index (Phi) is 2.77. The second-order valence-corrected chi connectivity index (χ2v) is 6.87. The van der Waals surface area contributed by atoms with Crippen LogP contribution in [0.5, 0.6) is 0 Å². The molecule has 0 unspecified atom stereocenters. The zero-order chi connectivity index (χ0) is 13.7. The summed E-state index contributed by atoms with van der Waals surface area (Å²) in [5.74, 6) is 1.84. The van der Waals surface area contributed by atoms with Gasteiger partial charge in [0.25, 0.3) is 0 Å². The smallest absolute Gasteiger partial charge is 0.196 e. The van der Waals surface area contributed by atoms with Crippen molar-refractivity contribution in [1.82, 2.24) is 14.8 Å². The number of aromatic nitrogens is 3. The Morgan fingerprint density at radius 2 is 2.00 bits per heavy atom. The minimum atomic E-state index is 0.620. The van der Waals surface area contributed by atoms with Crippen LogP contribution >= 0.6 is 11.8 Å². The molecule has 0 saturated heterocycles. The molecule has 104 valence electrons. The van der Waals surface area contributed by atoms with Gasteiger partial charge in [0.2, 0.25) is 0 Å². The molecule has 0 bridgehead atoms. The molecule has 0 amide bonds. The van der Waals surface area contributed by atoms with Crippen LogP contribution in [0.15, 0.2) is 28.3 Å². The van der Waals surface area contributed by atoms with Crippen LogP contribution in [0.25, 0.3) is 0 Å². The van der Waals surface area contributed by atoms with E-state index >= 15 is 0 Å². The molecule has 5 heteroatoms. The van der Waals surface area contributed by atoms with E-state index in [1.165, 1.54) is 37.1 Å². The summed E-state index contributed by atoms with van der Waals surface area (Å²) < 4.78 is 2.37. The number of anilines is 1. The van der Waals surface area contributed by atoms with Crippen LogP contribution < -0.4 is 5.73 Å². The molecule has 2 saturated carbocycles. The molecule has 20 heavy (non-hydrogen) atoms. The van der Waals surface area contributed by atoms with Crippen LogP contribution in [0.2, 0.25) is 0 Å². The van der Waals surface area contributed by atoms with Crippen molar-refractivity contribution in [3.63, 3.8) is 0 Å². The van der Waals surface area contributed by atoms with Crippen molar-refractivity contribution in [1.29, 1.82) is 0 Å². The number of nitrogen functional groups attached to an aromatic ring is 1. The monoisotopic (exact) mass is 286 g/mol. The van der Waals surface area contributed by atoms with Crippen molar-refractivity contribution in [3.8, 4) is 0 Å². The summed E-state index contributed by atoms with van der Waals surface area (Å²) in [4.78, 5) is 1.08. The first-order valence-electron chi connectivity index (χ1n) is 7.21. The van der Waals surface area contributed by atoms with E-state index < -0.39 is 0 Å². The minimum Gasteiger partial charge on any atom is -0.398 e. The van der Waals surface area contributed by atoms with Crippen molar-refractivity contribution in [3.05, 3.63) is 29.6 Å². The lowest BCUT2D eigenvalue weighted by atomic mass is 10.2. The quantitative estimate of drug-likeness (QED) is 0.874. The highest BCUT2D eigenvalue weighted by Crippen LogP contribution is 2.47. The van der Waals surface area contributed by atoms with E-state index in [1.807, 2.05) is 12.1 Å². The molecule has 4 rings (SSSR count). The first-order valence-corrected chi connectivity index (χ1v) is 8.03. The highest BCUT2D eigenvalue weighted by Gasteiger charge is 2.36. The van der Waals surface area contributed by atoms with Crippen LogP contribution in [0.4, 0.5) is 5.69 Å². The van der Waals surface area contributed by atoms with Gasteiger partial charge in [-0.15, -0.1) is 10.2 Å². The summed E-state index contributed by atoms with van der Waals surface area (Å²) in [6.45, 7) is 2.09. The van der Waals surface area contributed by atoms with E-state index in [2.05, 4.69) is 27.8 Å². The van der Waals surface area contributed by atoms with Crippen LogP contribution in [-0.4, -0.2) is 14.8 Å². The van der Waals surface area contributed by atoms with E-state index in [4.69, 9.17) is 5.73 Å². The van der Waals surface area contributed by atoms with Crippen LogP contribution in [0, 0.1) is 6.92 Å². The Labute approximate surface area is 122 Å². The normalized spacial score (nSPS) is 18.4. The fraction of sp³-hybridized carbons (Fsp3) is 0.467. The van der Waals surface area contributed by atoms with Gasteiger partial charge in [-0.25, -0.2) is 0 Å². The van der Waals surface area contributed by atoms with E-state index in [0.29, 0.717) is 12.0 Å². The number of hydrogen-bond acceptors (Lipinski definition) is 4. The predicted molar refractivity (Wildman–Crippen MR) is 80.0 cm³/mol. The van der Waals surface area contributed by atoms with Crippen molar-refractivity contribution >= 4 is 17.4 Å². The molecule has 2 aliphatic rings. The topological polar surface area (TPSA) is 56.7 Å². The fourth-order valence-electron chi connectivity index (χ4n) is 2.48. The number of rotatable bonds is 4. The first kappa shape index (κ1) is 12.3. The number of nitrogens with zero attached hydrogens (tertiary/aromatic N) is 3. The molecule has 0 aliphatic heterocycles. The average Bonchev–Trinajstić information content (AvgIpc) is 3.33. The largest absolute Gasteiger partial charge is 0.398 e. The van der Waals surface area contributed by atoms with Crippen molar-refractivity contribution in [2.45, 2.75) is 54.6 Å². The highest BCUT2D eigenvalue weighted by molar-refractivity contribution is 7.99. The summed E-state index contributed by atoms with van der Waals surface area (Å²) in [6.07, 6.45) is 5.05. The standard InChI is InChI=1S/C15H18N4S/c1-9-2-7-12(16)13(8-9)20-15-18-17-14(10-3-4-10)19(15)11-5-6-11/h2,7-8,10-11H,3-6,16H2,1H3. The molecule has 2 N–H and O–H groups in total. The summed E-state index contributed by atoms with van der Waals surface area (Å²) in [5, 5.41) is 9.87. The van der Waals surface area contributed by atoms with Gasteiger partial charge in [-0.3, -0.25) is 0 Å². The van der Waals surface area contributed by atoms with E-state index in [0.717, 1.165) is 15.7 Å². The Morgan fingerprint density at radius 3 is 2.70 bits per heavy atom. The summed E-state index contributed by atoms with van der Waals surface area (Å²) in [7, 11) is 0. The van der Waals surface area contributed by atoms with Gasteiger partial charge in [0, 0.05) is 22.5 Å². The summed E-state index contributed by atoms with van der Waals surface area (Å²) in [6, 6.07) is 6.76. The van der Waals surface area contributed by atoms with Crippen molar-refractivity contribution in [2.75, 3.05) is 5.73 Å². The number of nitrogens with two attached hydrogens (primary N) is 1. The summed E-state index contributed by atoms with van der Waals surface area (Å²) >= 11 is 1.65. The first-order chi connectivity index (χ1) is 9.72. The lowest BCUT2D eigenvalue weighted by Crippen LogP contribution is -2.02. The number of hydrogen-bond donors (Lipinski definition) is 1. The van der Waals surface area contributed by atoms with Gasteiger partial charge in [0.05, 0.1) is 0 Å². The Hall–Kier alpha value is -1.49. The second-order valence-electron chi connectivity index (χ2n) is 5.86. The third kappa shape index (κ3) is 2.20. The van der Waals surface area contributed by atoms with Gasteiger partial charge in [0.1, 0.15) is 5.82 Å². The SMILES string of the molecule is Cc1ccc(N)c(Sc2nnc(C3CC3)n2C2CC2)c1. The molecule has 4 nitrogen and oxygen atoms in total. The van der Waals surface area contributed by atoms with E-state index in [1.54, 1.807) is 11.8 Å². The van der Waals surface area contributed by atoms with Gasteiger partial charge in [-0.2, -0.15) is 0 Å². The molecule has 1 aromatic carbocycles. The van der Waals surface area contributed by atoms with Gasteiger partial charge in [-0.05, 0) is 62.1 Å². The minimum absolute atomic E-state index is 0.620. The van der Waals surface area contributed by atoms with Gasteiger partial charge in [0.15, 0.2) is 5.16 Å². The molecule has 0 atom stereocenters. The number of benzene rings is 1. The maximum Gasteiger partial charge on any atom is 0.196 e. The van der Waals surface area contributed by atoms with Crippen LogP contribution in [0.3, 0.4) is 0 Å². The molecule has 2 aromatic rings. The molecule has 1 heterocycles. The predicted octanol–water partition coefficient (Wildman–Crippen LogP) is 3.53. The maximum absolute atomic E-state index is 6.08. The average molecular weight is 286 g/mol. The summed E-state index contributed by atoms with van der Waals surface area (Å²) in [5.41, 5.74) is 8.12. The zero-order valence-electron chi connectivity index (χ0n) is 11.5. The Morgan fingerprint density at radius 1 is 1.20 bits per heavy atom. The van der Waals surface area contributed by atoms with Gasteiger partial charge in [-0.1, -0.05) is 6.07 Å². The molecule has 0 spiro atoms. The number of aryl methyl sites for hydroxylation is 1. The maximum atomic E-state index is 6.08. The van der Waals surface area contributed by atoms with Crippen LogP contribution in [-0.2, 0) is 0 Å². The van der Waals surface area contributed by atoms with E-state index in [-0.39, 0.29) is 0 Å². The van der Waals surface area contributed by atoms with Crippen LogP contribution in [0.1, 0.15) is 49.0 Å². The van der Waals surface area contributed by atoms with Crippen molar-refractivity contribution in [2.24, 2.45) is 0 Å². The van der Waals surface area contributed by atoms with Gasteiger partial charge >= 0.3 is 0 Å². The molecular formula is C15H18N4S. The third-order valence-electron chi connectivity index (χ3n) is 3.92. The molecule has 2 fully saturated rings. The molecule has 0 radical (unpaired) electrons. The molecule has 1 aromatic heterocycles. The molecular weight excluding hydrogens is 268 g/mol. The van der Waals surface area contributed by atoms with Crippen molar-refractivity contribution < 1.29 is 0 Å². The molecule has 2 aliphatic carbocycles. The Balaban J connectivity index is 1.70. The fourth-order valence-corrected chi connectivity index (χ4v) is 3.53. The Bertz CT molecular complexity index is 656. The lowest BCUT2D eigenvalue weighted by molar-refractivity contribution is 0.627. The third-order valence-corrected chi connectivity index (χ3v) is 4.95. The zero-order valence-corrected chi connectivity index (χ0v) is 12.4. The lowest BCUT2D eigenvalue weighted by Gasteiger charge is -2.09. The van der Waals surface area contributed by atoms with Gasteiger partial charge < -0.3 is 10.3 Å². The van der Waals surface area contributed by atoms with E-state index in [9.17, 15) is 0 Å².